The van der Waals surface area contributed by atoms with Gasteiger partial charge >= 0.3 is 0 Å². The van der Waals surface area contributed by atoms with E-state index < -0.39 is 29.2 Å². The van der Waals surface area contributed by atoms with Crippen molar-refractivity contribution >= 4 is 17.0 Å². The van der Waals surface area contributed by atoms with Gasteiger partial charge in [0.1, 0.15) is 5.69 Å². The van der Waals surface area contributed by atoms with E-state index in [9.17, 15) is 17.6 Å². The van der Waals surface area contributed by atoms with Gasteiger partial charge in [-0.1, -0.05) is 6.07 Å². The molecular weight excluding hydrogens is 268 g/mol. The highest BCUT2D eigenvalue weighted by Crippen LogP contribution is 2.27. The van der Waals surface area contributed by atoms with Gasteiger partial charge in [-0.05, 0) is 11.4 Å². The molecule has 0 saturated carbocycles. The Labute approximate surface area is 105 Å². The third-order valence-corrected chi connectivity index (χ3v) is 3.19. The van der Waals surface area contributed by atoms with E-state index in [-0.39, 0.29) is 6.54 Å². The molecule has 0 unspecified atom stereocenters. The number of thiophene rings is 1. The molecule has 2 rings (SSSR count). The molecule has 0 N–H and O–H groups in total. The second-order valence-corrected chi connectivity index (χ2v) is 4.64. The summed E-state index contributed by atoms with van der Waals surface area (Å²) in [6, 6.07) is 3.53. The first kappa shape index (κ1) is 12.8. The molecule has 7 heteroatoms. The summed E-state index contributed by atoms with van der Waals surface area (Å²) in [5.74, 6) is -6.29. The van der Waals surface area contributed by atoms with Crippen molar-refractivity contribution < 1.29 is 17.6 Å². The molecule has 2 aromatic rings. The molecule has 0 atom stereocenters. The lowest BCUT2D eigenvalue weighted by atomic mass is 10.3. The zero-order chi connectivity index (χ0) is 13.3. The number of nitrogens with zero attached hydrogens (tertiary/aromatic N) is 2. The predicted molar refractivity (Wildman–Crippen MR) is 60.5 cm³/mol. The van der Waals surface area contributed by atoms with Crippen LogP contribution in [0.4, 0.5) is 23.2 Å². The first-order chi connectivity index (χ1) is 8.50. The summed E-state index contributed by atoms with van der Waals surface area (Å²) in [5, 5.41) is 1.80. The van der Waals surface area contributed by atoms with E-state index in [0.29, 0.717) is 0 Å². The first-order valence-electron chi connectivity index (χ1n) is 4.94. The van der Waals surface area contributed by atoms with Crippen LogP contribution in [0.15, 0.2) is 17.5 Å². The minimum Gasteiger partial charge on any atom is -0.364 e. The summed E-state index contributed by atoms with van der Waals surface area (Å²) in [6.45, 7) is 0.147. The molecule has 2 aromatic heterocycles. The Balaban J connectivity index is 2.38. The highest BCUT2D eigenvalue weighted by Gasteiger charge is 2.23. The minimum atomic E-state index is -1.65. The zero-order valence-electron chi connectivity index (χ0n) is 9.25. The van der Waals surface area contributed by atoms with Crippen LogP contribution < -0.4 is 4.90 Å². The van der Waals surface area contributed by atoms with Gasteiger partial charge in [-0.2, -0.15) is 22.5 Å². The normalized spacial score (nSPS) is 10.7. The highest BCUT2D eigenvalue weighted by atomic mass is 32.1. The summed E-state index contributed by atoms with van der Waals surface area (Å²) >= 11 is 1.38. The summed E-state index contributed by atoms with van der Waals surface area (Å²) < 4.78 is 52.8. The average molecular weight is 276 g/mol. The van der Waals surface area contributed by atoms with E-state index in [0.717, 1.165) is 9.78 Å². The Kier molecular flexibility index (Phi) is 3.51. The molecule has 0 bridgehead atoms. The van der Waals surface area contributed by atoms with Crippen molar-refractivity contribution in [2.45, 2.75) is 6.54 Å². The molecule has 96 valence electrons. The second-order valence-electron chi connectivity index (χ2n) is 3.61. The van der Waals surface area contributed by atoms with Crippen LogP contribution in [-0.2, 0) is 6.54 Å². The van der Waals surface area contributed by atoms with Gasteiger partial charge in [0.2, 0.25) is 11.6 Å². The molecule has 2 nitrogen and oxygen atoms in total. The van der Waals surface area contributed by atoms with Crippen LogP contribution >= 0.6 is 11.3 Å². The summed E-state index contributed by atoms with van der Waals surface area (Å²) in [7, 11) is 1.35. The third kappa shape index (κ3) is 2.31. The van der Waals surface area contributed by atoms with Crippen molar-refractivity contribution in [3.8, 4) is 0 Å². The number of aromatic nitrogens is 1. The van der Waals surface area contributed by atoms with Crippen LogP contribution in [-0.4, -0.2) is 12.0 Å². The molecular formula is C11H8F4N2S. The van der Waals surface area contributed by atoms with Crippen molar-refractivity contribution in [3.05, 3.63) is 45.9 Å². The van der Waals surface area contributed by atoms with Crippen molar-refractivity contribution in [1.29, 1.82) is 0 Å². The lowest BCUT2D eigenvalue weighted by Gasteiger charge is -2.19. The van der Waals surface area contributed by atoms with Crippen LogP contribution in [0.1, 0.15) is 4.88 Å². The molecule has 0 fully saturated rings. The summed E-state index contributed by atoms with van der Waals surface area (Å²) in [4.78, 5) is 4.42. The van der Waals surface area contributed by atoms with Gasteiger partial charge in [0.05, 0.1) is 6.54 Å². The second kappa shape index (κ2) is 4.93. The minimum absolute atomic E-state index is 0.147. The van der Waals surface area contributed by atoms with Crippen LogP contribution in [0.25, 0.3) is 0 Å². The Morgan fingerprint density at radius 2 is 1.78 bits per heavy atom. The first-order valence-corrected chi connectivity index (χ1v) is 5.82. The molecule has 0 aliphatic rings. The number of hydrogen-bond acceptors (Lipinski definition) is 3. The van der Waals surface area contributed by atoms with Gasteiger partial charge < -0.3 is 4.90 Å². The van der Waals surface area contributed by atoms with E-state index in [1.165, 1.54) is 18.4 Å². The molecule has 0 radical (unpaired) electrons. The van der Waals surface area contributed by atoms with Gasteiger partial charge in [0.15, 0.2) is 0 Å². The lowest BCUT2D eigenvalue weighted by molar-refractivity contribution is 0.407. The van der Waals surface area contributed by atoms with Crippen molar-refractivity contribution in [2.24, 2.45) is 0 Å². The van der Waals surface area contributed by atoms with Crippen molar-refractivity contribution in [2.75, 3.05) is 11.9 Å². The fourth-order valence-electron chi connectivity index (χ4n) is 1.53. The number of hydrogen-bond donors (Lipinski definition) is 0. The molecule has 0 amide bonds. The Morgan fingerprint density at radius 1 is 1.17 bits per heavy atom. The molecule has 0 aliphatic heterocycles. The monoisotopic (exact) mass is 276 g/mol. The lowest BCUT2D eigenvalue weighted by Crippen LogP contribution is -2.20. The third-order valence-electron chi connectivity index (χ3n) is 2.33. The van der Waals surface area contributed by atoms with E-state index in [4.69, 9.17) is 0 Å². The number of pyridine rings is 1. The highest BCUT2D eigenvalue weighted by molar-refractivity contribution is 7.09. The average Bonchev–Trinajstić information content (AvgIpc) is 2.79. The smallest absolute Gasteiger partial charge is 0.253 e. The number of anilines is 1. The fraction of sp³-hybridized carbons (Fsp3) is 0.182. The molecule has 0 spiro atoms. The van der Waals surface area contributed by atoms with Gasteiger partial charge in [-0.15, -0.1) is 11.3 Å². The molecule has 2 heterocycles. The topological polar surface area (TPSA) is 16.1 Å². The maximum absolute atomic E-state index is 13.4. The summed E-state index contributed by atoms with van der Waals surface area (Å²) in [5.41, 5.74) is -0.756. The standard InChI is InChI=1S/C11H8F4N2S/c1-17(5-6-3-2-4-18-6)9-7(12)10(14)16-11(15)8(9)13/h2-4H,5H2,1H3. The SMILES string of the molecule is CN(Cc1cccs1)c1c(F)c(F)nc(F)c1F. The van der Waals surface area contributed by atoms with Crippen LogP contribution in [0.5, 0.6) is 0 Å². The van der Waals surface area contributed by atoms with Crippen molar-refractivity contribution in [3.63, 3.8) is 0 Å². The fourth-order valence-corrected chi connectivity index (χ4v) is 2.28. The predicted octanol–water partition coefficient (Wildman–Crippen LogP) is 3.34. The molecule has 0 aliphatic carbocycles. The van der Waals surface area contributed by atoms with Crippen LogP contribution in [0.2, 0.25) is 0 Å². The Hall–Kier alpha value is -1.63. The van der Waals surface area contributed by atoms with Gasteiger partial charge in [0, 0.05) is 11.9 Å². The largest absolute Gasteiger partial charge is 0.364 e. The van der Waals surface area contributed by atoms with E-state index >= 15 is 0 Å². The summed E-state index contributed by atoms with van der Waals surface area (Å²) in [6.07, 6.45) is 0. The van der Waals surface area contributed by atoms with E-state index in [1.807, 2.05) is 0 Å². The van der Waals surface area contributed by atoms with Gasteiger partial charge in [0.25, 0.3) is 11.9 Å². The molecule has 0 saturated heterocycles. The van der Waals surface area contributed by atoms with E-state index in [2.05, 4.69) is 4.98 Å². The van der Waals surface area contributed by atoms with Crippen molar-refractivity contribution in [1.82, 2.24) is 4.98 Å². The molecule has 0 aromatic carbocycles. The maximum Gasteiger partial charge on any atom is 0.253 e. The van der Waals surface area contributed by atoms with Crippen LogP contribution in [0.3, 0.4) is 0 Å². The Bertz CT molecular complexity index is 530. The Morgan fingerprint density at radius 3 is 2.28 bits per heavy atom. The van der Waals surface area contributed by atoms with Gasteiger partial charge in [-0.25, -0.2) is 0 Å². The number of halogens is 4. The van der Waals surface area contributed by atoms with E-state index in [1.54, 1.807) is 17.5 Å². The van der Waals surface area contributed by atoms with Crippen LogP contribution in [0, 0.1) is 23.5 Å². The van der Waals surface area contributed by atoms with Gasteiger partial charge in [-0.3, -0.25) is 0 Å². The maximum atomic E-state index is 13.4. The zero-order valence-corrected chi connectivity index (χ0v) is 10.1. The quantitative estimate of drug-likeness (QED) is 0.631. The molecule has 18 heavy (non-hydrogen) atoms. The number of rotatable bonds is 3.